The van der Waals surface area contributed by atoms with Gasteiger partial charge in [-0.15, -0.1) is 11.6 Å². The molecule has 1 saturated carbocycles. The van der Waals surface area contributed by atoms with E-state index in [9.17, 15) is 0 Å². The molecule has 1 heterocycles. The second-order valence-corrected chi connectivity index (χ2v) is 3.12. The summed E-state index contributed by atoms with van der Waals surface area (Å²) >= 11 is 5.66. The van der Waals surface area contributed by atoms with Crippen LogP contribution in [0.25, 0.3) is 0 Å². The van der Waals surface area contributed by atoms with Crippen LogP contribution in [0.3, 0.4) is 0 Å². The van der Waals surface area contributed by atoms with E-state index in [4.69, 9.17) is 11.6 Å². The van der Waals surface area contributed by atoms with Crippen LogP contribution in [0.5, 0.6) is 0 Å². The average molecular weight is 118 g/mol. The van der Waals surface area contributed by atoms with Gasteiger partial charge in [0, 0.05) is 5.54 Å². The van der Waals surface area contributed by atoms with Crippen molar-refractivity contribution in [3.05, 3.63) is 0 Å². The molecule has 7 heavy (non-hydrogen) atoms. The number of hydrogen-bond acceptors (Lipinski definition) is 1. The molecule has 0 bridgehead atoms. The molecule has 1 nitrogen and oxygen atoms in total. The van der Waals surface area contributed by atoms with Gasteiger partial charge in [0.25, 0.3) is 0 Å². The fourth-order valence-electron chi connectivity index (χ4n) is 1.15. The monoisotopic (exact) mass is 117 g/mol. The third-order valence-corrected chi connectivity index (χ3v) is 2.15. The first-order valence-corrected chi connectivity index (χ1v) is 3.16. The van der Waals surface area contributed by atoms with Gasteiger partial charge in [0.1, 0.15) is 0 Å². The van der Waals surface area contributed by atoms with E-state index in [1.54, 1.807) is 0 Å². The van der Waals surface area contributed by atoms with Crippen molar-refractivity contribution < 1.29 is 0 Å². The maximum absolute atomic E-state index is 5.66. The lowest BCUT2D eigenvalue weighted by molar-refractivity contribution is 0.315. The summed E-state index contributed by atoms with van der Waals surface area (Å²) < 4.78 is 0. The van der Waals surface area contributed by atoms with E-state index in [0.717, 1.165) is 0 Å². The summed E-state index contributed by atoms with van der Waals surface area (Å²) in [4.78, 5) is 0. The molecule has 0 aromatic heterocycles. The van der Waals surface area contributed by atoms with Gasteiger partial charge < -0.3 is 0 Å². The Labute approximate surface area is 48.0 Å². The van der Waals surface area contributed by atoms with E-state index in [-0.39, 0.29) is 0 Å². The maximum Gasteiger partial charge on any atom is 0.0847 e. The Hall–Kier alpha value is 0.250. The molecule has 0 aromatic carbocycles. The molecule has 1 unspecified atom stereocenters. The van der Waals surface area contributed by atoms with Gasteiger partial charge in [0.15, 0.2) is 0 Å². The van der Waals surface area contributed by atoms with Crippen LogP contribution in [0.15, 0.2) is 0 Å². The minimum absolute atomic E-state index is 0.294. The van der Waals surface area contributed by atoms with Crippen molar-refractivity contribution in [3.8, 4) is 0 Å². The summed E-state index contributed by atoms with van der Waals surface area (Å²) in [6, 6.07) is 0. The second-order valence-electron chi connectivity index (χ2n) is 2.60. The summed E-state index contributed by atoms with van der Waals surface area (Å²) in [5.41, 5.74) is 0.856. The van der Waals surface area contributed by atoms with Crippen molar-refractivity contribution in [1.82, 2.24) is 5.32 Å². The smallest absolute Gasteiger partial charge is 0.0847 e. The van der Waals surface area contributed by atoms with Crippen LogP contribution in [0.1, 0.15) is 19.3 Å². The predicted molar refractivity (Wildman–Crippen MR) is 29.4 cm³/mol. The zero-order valence-corrected chi connectivity index (χ0v) is 4.83. The van der Waals surface area contributed by atoms with E-state index in [1.807, 2.05) is 0 Å². The van der Waals surface area contributed by atoms with E-state index in [2.05, 4.69) is 5.32 Å². The van der Waals surface area contributed by atoms with Gasteiger partial charge in [-0.2, -0.15) is 0 Å². The van der Waals surface area contributed by atoms with Crippen LogP contribution in [0.4, 0.5) is 0 Å². The van der Waals surface area contributed by atoms with Crippen LogP contribution in [0.2, 0.25) is 0 Å². The summed E-state index contributed by atoms with van der Waals surface area (Å²) in [6.45, 7) is 0. The zero-order chi connectivity index (χ0) is 4.91. The summed E-state index contributed by atoms with van der Waals surface area (Å²) in [6.07, 6.45) is 3.92. The Kier molecular flexibility index (Phi) is 0.583. The van der Waals surface area contributed by atoms with Crippen LogP contribution < -0.4 is 5.32 Å². The molecule has 1 spiro atoms. The molecule has 1 atom stereocenters. The van der Waals surface area contributed by atoms with Crippen LogP contribution in [-0.2, 0) is 0 Å². The molecule has 0 radical (unpaired) electrons. The highest BCUT2D eigenvalue weighted by Crippen LogP contribution is 2.47. The highest BCUT2D eigenvalue weighted by Gasteiger charge is 2.51. The molecule has 1 N–H and O–H groups in total. The van der Waals surface area contributed by atoms with E-state index < -0.39 is 0 Å². The van der Waals surface area contributed by atoms with E-state index in [0.29, 0.717) is 11.0 Å². The van der Waals surface area contributed by atoms with Crippen molar-refractivity contribution in [1.29, 1.82) is 0 Å². The average Bonchev–Trinajstić information content (AvgIpc) is 2.14. The quantitative estimate of drug-likeness (QED) is 0.370. The zero-order valence-electron chi connectivity index (χ0n) is 4.08. The maximum atomic E-state index is 5.66. The van der Waals surface area contributed by atoms with Crippen molar-refractivity contribution in [2.45, 2.75) is 30.3 Å². The largest absolute Gasteiger partial charge is 0.296 e. The van der Waals surface area contributed by atoms with Crippen molar-refractivity contribution >= 4 is 11.6 Å². The molecule has 2 rings (SSSR count). The Balaban J connectivity index is 1.97. The fraction of sp³-hybridized carbons (Fsp3) is 1.00. The summed E-state index contributed by atoms with van der Waals surface area (Å²) in [5.74, 6) is 0. The van der Waals surface area contributed by atoms with Crippen molar-refractivity contribution in [2.24, 2.45) is 0 Å². The summed E-state index contributed by atoms with van der Waals surface area (Å²) in [5, 5.41) is 3.26. The van der Waals surface area contributed by atoms with Crippen LogP contribution in [0, 0.1) is 0 Å². The predicted octanol–water partition coefficient (Wildman–Crippen LogP) is 1.08. The second kappa shape index (κ2) is 0.981. The minimum atomic E-state index is 0.294. The molecule has 0 amide bonds. The van der Waals surface area contributed by atoms with Gasteiger partial charge in [-0.1, -0.05) is 0 Å². The molecule has 0 aromatic rings. The molecule has 1 aliphatic heterocycles. The van der Waals surface area contributed by atoms with Gasteiger partial charge in [0.05, 0.1) is 5.50 Å². The van der Waals surface area contributed by atoms with Crippen LogP contribution >= 0.6 is 11.6 Å². The topological polar surface area (TPSA) is 12.0 Å². The third-order valence-electron chi connectivity index (χ3n) is 1.89. The molecule has 1 saturated heterocycles. The van der Waals surface area contributed by atoms with Gasteiger partial charge in [-0.05, 0) is 19.3 Å². The van der Waals surface area contributed by atoms with Crippen molar-refractivity contribution in [2.75, 3.05) is 0 Å². The van der Waals surface area contributed by atoms with Crippen molar-refractivity contribution in [3.63, 3.8) is 0 Å². The first-order chi connectivity index (χ1) is 3.31. The lowest BCUT2D eigenvalue weighted by atomic mass is 10.1. The van der Waals surface area contributed by atoms with Gasteiger partial charge in [-0.25, -0.2) is 0 Å². The number of hydrogen-bond donors (Lipinski definition) is 1. The molecule has 2 fully saturated rings. The van der Waals surface area contributed by atoms with E-state index >= 15 is 0 Å². The number of alkyl halides is 1. The summed E-state index contributed by atoms with van der Waals surface area (Å²) in [7, 11) is 0. The van der Waals surface area contributed by atoms with Gasteiger partial charge in [0.2, 0.25) is 0 Å². The van der Waals surface area contributed by atoms with Gasteiger partial charge >= 0.3 is 0 Å². The normalized spacial score (nSPS) is 43.3. The number of rotatable bonds is 0. The highest BCUT2D eigenvalue weighted by molar-refractivity contribution is 6.21. The SMILES string of the molecule is ClC1CC2(CC2)N1. The van der Waals surface area contributed by atoms with E-state index in [1.165, 1.54) is 19.3 Å². The third kappa shape index (κ3) is 0.485. The molecule has 2 heteroatoms. The molecule has 1 aliphatic carbocycles. The molecule has 2 aliphatic rings. The van der Waals surface area contributed by atoms with Crippen LogP contribution in [-0.4, -0.2) is 11.0 Å². The first-order valence-electron chi connectivity index (χ1n) is 2.73. The molecule has 40 valence electrons. The standard InChI is InChI=1S/C5H8ClN/c6-4-3-5(7-4)1-2-5/h4,7H,1-3H2. The fourth-order valence-corrected chi connectivity index (χ4v) is 1.68. The Morgan fingerprint density at radius 1 is 1.57 bits per heavy atom. The Morgan fingerprint density at radius 2 is 2.14 bits per heavy atom. The van der Waals surface area contributed by atoms with Gasteiger partial charge in [-0.3, -0.25) is 5.32 Å². The Bertz CT molecular complexity index is 90.3. The lowest BCUT2D eigenvalue weighted by Gasteiger charge is -2.33. The number of nitrogens with one attached hydrogen (secondary N) is 1. The molecular formula is C5H8ClN. The number of halogens is 1. The molecular weight excluding hydrogens is 110 g/mol. The lowest BCUT2D eigenvalue weighted by Crippen LogP contribution is -2.51. The highest BCUT2D eigenvalue weighted by atomic mass is 35.5. The minimum Gasteiger partial charge on any atom is -0.296 e. The first kappa shape index (κ1) is 4.16. The Morgan fingerprint density at radius 3 is 2.29 bits per heavy atom.